The number of benzene rings is 2. The van der Waals surface area contributed by atoms with Gasteiger partial charge < -0.3 is 19.2 Å². The van der Waals surface area contributed by atoms with Crippen LogP contribution >= 0.6 is 0 Å². The second kappa shape index (κ2) is 9.00. The van der Waals surface area contributed by atoms with Gasteiger partial charge in [-0.3, -0.25) is 4.79 Å². The van der Waals surface area contributed by atoms with Crippen LogP contribution in [0.3, 0.4) is 0 Å². The molecule has 0 spiro atoms. The van der Waals surface area contributed by atoms with Crippen LogP contribution in [0.15, 0.2) is 70.2 Å². The van der Waals surface area contributed by atoms with Gasteiger partial charge in [0.25, 0.3) is 5.91 Å². The van der Waals surface area contributed by atoms with Crippen LogP contribution in [-0.2, 0) is 9.84 Å². The maximum Gasteiger partial charge on any atom is 0.251 e. The lowest BCUT2D eigenvalue weighted by Crippen LogP contribution is -2.31. The Hall–Kier alpha value is -3.33. The van der Waals surface area contributed by atoms with Gasteiger partial charge in [-0.2, -0.15) is 0 Å². The minimum Gasteiger partial charge on any atom is -0.493 e. The molecule has 0 aliphatic rings. The molecule has 2 aromatic carbocycles. The number of carbonyl (C=O) groups excluding carboxylic acids is 1. The number of furan rings is 1. The SMILES string of the molecule is COc1ccc(C(=O)NCC(c2ccco2)S(=O)(=O)c2ccc(F)cc2)cc1OC. The number of rotatable bonds is 8. The summed E-state index contributed by atoms with van der Waals surface area (Å²) in [6, 6.07) is 12.1. The quantitative estimate of drug-likeness (QED) is 0.548. The molecule has 0 radical (unpaired) electrons. The largest absolute Gasteiger partial charge is 0.493 e. The molecule has 158 valence electrons. The normalized spacial score (nSPS) is 12.2. The van der Waals surface area contributed by atoms with E-state index in [0.717, 1.165) is 12.1 Å². The topological polar surface area (TPSA) is 94.8 Å². The molecule has 7 nitrogen and oxygen atoms in total. The molecule has 3 rings (SSSR count). The van der Waals surface area contributed by atoms with E-state index in [-0.39, 0.29) is 22.8 Å². The number of carbonyl (C=O) groups is 1. The average molecular weight is 433 g/mol. The van der Waals surface area contributed by atoms with Crippen LogP contribution in [0.25, 0.3) is 0 Å². The number of methoxy groups -OCH3 is 2. The van der Waals surface area contributed by atoms with E-state index in [1.807, 2.05) is 0 Å². The first-order chi connectivity index (χ1) is 14.4. The van der Waals surface area contributed by atoms with Crippen LogP contribution < -0.4 is 14.8 Å². The van der Waals surface area contributed by atoms with Crippen molar-refractivity contribution in [3.63, 3.8) is 0 Å². The van der Waals surface area contributed by atoms with Crippen LogP contribution in [0.4, 0.5) is 4.39 Å². The molecular weight excluding hydrogens is 413 g/mol. The summed E-state index contributed by atoms with van der Waals surface area (Å²) in [4.78, 5) is 12.5. The van der Waals surface area contributed by atoms with Gasteiger partial charge in [-0.05, 0) is 54.6 Å². The molecule has 30 heavy (non-hydrogen) atoms. The fourth-order valence-corrected chi connectivity index (χ4v) is 4.48. The fourth-order valence-electron chi connectivity index (χ4n) is 2.89. The monoisotopic (exact) mass is 433 g/mol. The van der Waals surface area contributed by atoms with Crippen molar-refractivity contribution in [2.75, 3.05) is 20.8 Å². The molecule has 9 heteroatoms. The Morgan fingerprint density at radius 3 is 2.37 bits per heavy atom. The van der Waals surface area contributed by atoms with E-state index in [4.69, 9.17) is 13.9 Å². The van der Waals surface area contributed by atoms with E-state index in [0.29, 0.717) is 11.5 Å². The van der Waals surface area contributed by atoms with Gasteiger partial charge >= 0.3 is 0 Å². The third-order valence-electron chi connectivity index (χ3n) is 4.47. The van der Waals surface area contributed by atoms with Crippen LogP contribution in [0.1, 0.15) is 21.4 Å². The summed E-state index contributed by atoms with van der Waals surface area (Å²) in [5, 5.41) is 1.42. The number of sulfone groups is 1. The number of amides is 1. The smallest absolute Gasteiger partial charge is 0.251 e. The third-order valence-corrected chi connectivity index (χ3v) is 6.55. The van der Waals surface area contributed by atoms with Crippen molar-refractivity contribution in [2.45, 2.75) is 10.1 Å². The van der Waals surface area contributed by atoms with E-state index in [9.17, 15) is 17.6 Å². The summed E-state index contributed by atoms with van der Waals surface area (Å²) < 4.78 is 55.0. The van der Waals surface area contributed by atoms with Crippen LogP contribution in [0.5, 0.6) is 11.5 Å². The molecule has 1 amide bonds. The third kappa shape index (κ3) is 4.46. The molecule has 0 saturated carbocycles. The average Bonchev–Trinajstić information content (AvgIpc) is 3.27. The Bertz CT molecular complexity index is 1110. The van der Waals surface area contributed by atoms with Crippen LogP contribution in [0.2, 0.25) is 0 Å². The zero-order valence-electron chi connectivity index (χ0n) is 16.3. The second-order valence-corrected chi connectivity index (χ2v) is 8.41. The molecule has 3 aromatic rings. The minimum absolute atomic E-state index is 0.0781. The number of hydrogen-bond donors (Lipinski definition) is 1. The van der Waals surface area contributed by atoms with Gasteiger partial charge in [-0.1, -0.05) is 0 Å². The Morgan fingerprint density at radius 1 is 1.07 bits per heavy atom. The molecule has 1 heterocycles. The standard InChI is InChI=1S/C21H20FNO6S/c1-27-17-10-5-14(12-19(17)28-2)21(24)23-13-20(18-4-3-11-29-18)30(25,26)16-8-6-15(22)7-9-16/h3-12,20H,13H2,1-2H3,(H,23,24). The van der Waals surface area contributed by atoms with Crippen molar-refractivity contribution in [2.24, 2.45) is 0 Å². The van der Waals surface area contributed by atoms with Crippen molar-refractivity contribution in [3.8, 4) is 11.5 Å². The summed E-state index contributed by atoms with van der Waals surface area (Å²) >= 11 is 0. The Balaban J connectivity index is 1.85. The van der Waals surface area contributed by atoms with Crippen molar-refractivity contribution in [1.29, 1.82) is 0 Å². The van der Waals surface area contributed by atoms with Crippen molar-refractivity contribution in [1.82, 2.24) is 5.32 Å². The highest BCUT2D eigenvalue weighted by Gasteiger charge is 2.32. The van der Waals surface area contributed by atoms with E-state index in [2.05, 4.69) is 5.32 Å². The molecule has 0 aliphatic heterocycles. The van der Waals surface area contributed by atoms with Crippen LogP contribution in [-0.4, -0.2) is 35.1 Å². The minimum atomic E-state index is -3.96. The van der Waals surface area contributed by atoms with Crippen molar-refractivity contribution >= 4 is 15.7 Å². The highest BCUT2D eigenvalue weighted by Crippen LogP contribution is 2.30. The molecule has 1 atom stereocenters. The van der Waals surface area contributed by atoms with E-state index >= 15 is 0 Å². The van der Waals surface area contributed by atoms with Gasteiger partial charge in [0.2, 0.25) is 0 Å². The van der Waals surface area contributed by atoms with E-state index in [1.165, 1.54) is 50.8 Å². The van der Waals surface area contributed by atoms with Crippen LogP contribution in [0, 0.1) is 5.82 Å². The van der Waals surface area contributed by atoms with Gasteiger partial charge in [0.05, 0.1) is 25.4 Å². The van der Waals surface area contributed by atoms with E-state index < -0.39 is 26.8 Å². The molecule has 0 fully saturated rings. The lowest BCUT2D eigenvalue weighted by molar-refractivity contribution is 0.0953. The highest BCUT2D eigenvalue weighted by molar-refractivity contribution is 7.91. The molecule has 1 unspecified atom stereocenters. The van der Waals surface area contributed by atoms with Crippen molar-refractivity contribution < 1.29 is 31.5 Å². The lowest BCUT2D eigenvalue weighted by Gasteiger charge is -2.17. The first-order valence-electron chi connectivity index (χ1n) is 8.90. The molecule has 1 N–H and O–H groups in total. The maximum atomic E-state index is 13.2. The molecule has 0 aliphatic carbocycles. The zero-order valence-corrected chi connectivity index (χ0v) is 17.1. The lowest BCUT2D eigenvalue weighted by atomic mass is 10.2. The number of ether oxygens (including phenoxy) is 2. The molecule has 0 saturated heterocycles. The summed E-state index contributed by atoms with van der Waals surface area (Å²) in [5.74, 6) is -0.0629. The molecular formula is C21H20FNO6S. The van der Waals surface area contributed by atoms with Crippen molar-refractivity contribution in [3.05, 3.63) is 78.0 Å². The first-order valence-corrected chi connectivity index (χ1v) is 10.4. The number of hydrogen-bond acceptors (Lipinski definition) is 6. The predicted molar refractivity (Wildman–Crippen MR) is 107 cm³/mol. The Morgan fingerprint density at radius 2 is 1.77 bits per heavy atom. The summed E-state index contributed by atoms with van der Waals surface area (Å²) in [5.41, 5.74) is 0.269. The van der Waals surface area contributed by atoms with Gasteiger partial charge in [0.15, 0.2) is 21.3 Å². The summed E-state index contributed by atoms with van der Waals surface area (Å²) in [6.45, 7) is -0.250. The molecule has 1 aromatic heterocycles. The fraction of sp³-hybridized carbons (Fsp3) is 0.190. The first kappa shape index (κ1) is 21.4. The predicted octanol–water partition coefficient (Wildman–Crippen LogP) is 3.38. The van der Waals surface area contributed by atoms with Gasteiger partial charge in [-0.15, -0.1) is 0 Å². The summed E-state index contributed by atoms with van der Waals surface area (Å²) in [7, 11) is -1.04. The zero-order chi connectivity index (χ0) is 21.7. The Labute approximate surface area is 173 Å². The Kier molecular flexibility index (Phi) is 6.41. The van der Waals surface area contributed by atoms with Gasteiger partial charge in [0, 0.05) is 12.1 Å². The second-order valence-electron chi connectivity index (χ2n) is 6.28. The molecule has 0 bridgehead atoms. The number of halogens is 1. The number of nitrogens with one attached hydrogen (secondary N) is 1. The highest BCUT2D eigenvalue weighted by atomic mass is 32.2. The maximum absolute atomic E-state index is 13.2. The van der Waals surface area contributed by atoms with Gasteiger partial charge in [0.1, 0.15) is 16.8 Å². The van der Waals surface area contributed by atoms with E-state index in [1.54, 1.807) is 12.1 Å². The summed E-state index contributed by atoms with van der Waals surface area (Å²) in [6.07, 6.45) is 1.35. The van der Waals surface area contributed by atoms with Gasteiger partial charge in [-0.25, -0.2) is 12.8 Å².